The summed E-state index contributed by atoms with van der Waals surface area (Å²) in [5, 5.41) is 35.3. The smallest absolute Gasteiger partial charge is 0.259 e. The number of nitrogens with two attached hydrogens (primary N) is 2. The van der Waals surface area contributed by atoms with Crippen molar-refractivity contribution in [3.05, 3.63) is 36.0 Å². The van der Waals surface area contributed by atoms with Gasteiger partial charge in [-0.25, -0.2) is 0 Å². The minimum Gasteiger partial charge on any atom is -0.370 e. The van der Waals surface area contributed by atoms with Crippen molar-refractivity contribution in [1.29, 1.82) is 0 Å². The highest BCUT2D eigenvalue weighted by Crippen LogP contribution is 2.19. The van der Waals surface area contributed by atoms with Crippen LogP contribution < -0.4 is 85.9 Å². The van der Waals surface area contributed by atoms with Gasteiger partial charge in [0.25, 0.3) is 29.5 Å². The fraction of sp³-hybridized carbons (Fsp3) is 0.549. The Bertz CT molecular complexity index is 2610. The van der Waals surface area contributed by atoms with E-state index >= 15 is 0 Å². The third kappa shape index (κ3) is 25.0. The maximum Gasteiger partial charge on any atom is 0.259 e. The molecule has 0 spiro atoms. The minimum atomic E-state index is -1.88. The van der Waals surface area contributed by atoms with Gasteiger partial charge in [-0.15, -0.1) is 0 Å². The van der Waals surface area contributed by atoms with Crippen molar-refractivity contribution >= 4 is 101 Å². The number of para-hydroxylation sites is 1. The number of nitrogens with one attached hydrogen (secondary N) is 15. The number of likely N-dealkylation sites (N-methyl/N-ethyl adjacent to an activating group) is 1. The van der Waals surface area contributed by atoms with E-state index < -0.39 is 132 Å². The van der Waals surface area contributed by atoms with Gasteiger partial charge in [-0.3, -0.25) is 74.7 Å². The Morgan fingerprint density at radius 2 is 0.928 bits per heavy atom. The van der Waals surface area contributed by atoms with E-state index in [9.17, 15) is 67.1 Å². The first kappa shape index (κ1) is 70.5. The molecule has 83 heavy (non-hydrogen) atoms. The molecule has 2 aromatic rings. The molecule has 0 saturated heterocycles. The summed E-state index contributed by atoms with van der Waals surface area (Å²) in [6, 6.07) is -2.51. The van der Waals surface area contributed by atoms with Crippen LogP contribution in [0.15, 0.2) is 35.5 Å². The fourth-order valence-corrected chi connectivity index (χ4v) is 7.72. The van der Waals surface area contributed by atoms with Crippen molar-refractivity contribution in [2.45, 2.75) is 160 Å². The van der Waals surface area contributed by atoms with Gasteiger partial charge in [0.15, 0.2) is 36.8 Å². The maximum absolute atomic E-state index is 14.1. The number of nitrogens with zero attached hydrogens (tertiary/aromatic N) is 1. The summed E-state index contributed by atoms with van der Waals surface area (Å²) in [7, 11) is 1.25. The molecule has 0 aliphatic heterocycles. The quantitative estimate of drug-likeness (QED) is 0.00972. The van der Waals surface area contributed by atoms with E-state index in [1.807, 2.05) is 18.2 Å². The van der Waals surface area contributed by atoms with Crippen molar-refractivity contribution in [2.24, 2.45) is 22.4 Å². The molecule has 0 aliphatic carbocycles. The van der Waals surface area contributed by atoms with E-state index in [0.717, 1.165) is 17.8 Å². The van der Waals surface area contributed by atoms with Crippen LogP contribution >= 0.6 is 0 Å². The lowest BCUT2D eigenvalue weighted by molar-refractivity contribution is -0.137. The first-order chi connectivity index (χ1) is 39.2. The van der Waals surface area contributed by atoms with Gasteiger partial charge in [0.2, 0.25) is 23.6 Å². The molecule has 0 bridgehead atoms. The van der Waals surface area contributed by atoms with Crippen molar-refractivity contribution < 1.29 is 67.1 Å². The summed E-state index contributed by atoms with van der Waals surface area (Å²) in [4.78, 5) is 188. The lowest BCUT2D eigenvalue weighted by Gasteiger charge is -2.30. The number of hydrogen-bond donors (Lipinski definition) is 17. The molecular formula is C51H80N18O14. The maximum atomic E-state index is 14.1. The topological polar surface area (TPSA) is 488 Å². The van der Waals surface area contributed by atoms with Crippen LogP contribution in [0.2, 0.25) is 0 Å². The van der Waals surface area contributed by atoms with Gasteiger partial charge in [0.05, 0.1) is 30.2 Å². The highest BCUT2D eigenvalue weighted by molar-refractivity contribution is 5.98. The fourth-order valence-electron chi connectivity index (χ4n) is 7.72. The third-order valence-corrected chi connectivity index (χ3v) is 12.0. The van der Waals surface area contributed by atoms with Crippen molar-refractivity contribution in [3.8, 4) is 0 Å². The third-order valence-electron chi connectivity index (χ3n) is 12.0. The molecular weight excluding hydrogens is 1090 g/mol. The first-order valence-electron chi connectivity index (χ1n) is 26.5. The summed E-state index contributed by atoms with van der Waals surface area (Å²) in [6.07, 6.45) is -4.36. The van der Waals surface area contributed by atoms with Gasteiger partial charge in [0, 0.05) is 37.6 Å². The molecule has 1 aromatic heterocycles. The Balaban J connectivity index is 2.37. The molecule has 19 N–H and O–H groups in total. The molecule has 458 valence electrons. The number of aromatic amines is 1. The van der Waals surface area contributed by atoms with Crippen molar-refractivity contribution in [2.75, 3.05) is 13.6 Å². The van der Waals surface area contributed by atoms with Crippen LogP contribution in [0.4, 0.5) is 0 Å². The van der Waals surface area contributed by atoms with Crippen molar-refractivity contribution in [1.82, 2.24) is 79.4 Å². The van der Waals surface area contributed by atoms with E-state index in [1.165, 1.54) is 41.7 Å². The molecule has 0 aliphatic rings. The normalized spacial score (nSPS) is 15.8. The van der Waals surface area contributed by atoms with E-state index in [0.29, 0.717) is 37.0 Å². The molecule has 0 saturated carbocycles. The number of aliphatic imine (C=N–C) groups is 1. The molecule has 32 heteroatoms. The molecule has 13 atom stereocenters. The Morgan fingerprint density at radius 3 is 1.36 bits per heavy atom. The lowest BCUT2D eigenvalue weighted by Crippen LogP contribution is -2.68. The average Bonchev–Trinajstić information content (AvgIpc) is 3.88. The van der Waals surface area contributed by atoms with Gasteiger partial charge < -0.3 is 88.3 Å². The highest BCUT2D eigenvalue weighted by atomic mass is 16.2. The predicted molar refractivity (Wildman–Crippen MR) is 300 cm³/mol. The summed E-state index contributed by atoms with van der Waals surface area (Å²) in [5.74, 6) is -9.18. The number of carbonyl (C=O) groups is 14. The Labute approximate surface area is 479 Å². The highest BCUT2D eigenvalue weighted by Gasteiger charge is 2.35. The molecule has 1 heterocycles. The Hall–Kier alpha value is -8.59. The number of fused-ring (bicyclic) bond motifs is 1. The van der Waals surface area contributed by atoms with Crippen LogP contribution in [0.25, 0.3) is 10.9 Å². The van der Waals surface area contributed by atoms with Crippen LogP contribution in [-0.4, -0.2) is 188 Å². The van der Waals surface area contributed by atoms with Crippen LogP contribution in [-0.2, 0) is 73.5 Å². The monoisotopic (exact) mass is 1170 g/mol. The minimum absolute atomic E-state index is 0.0378. The largest absolute Gasteiger partial charge is 0.370 e. The molecule has 0 fully saturated rings. The van der Waals surface area contributed by atoms with Gasteiger partial charge >= 0.3 is 0 Å². The standard InChI is InChI=1S/C51H80N18O14/c1-25(2)17-34(23-73)63-42(50(83)68-38(46(79)54-9)62-33(22-72)13-12-16-55-51(52)53)69-49(82)40(58-27(4)21-71)66-45(78)29(6)60-47(80)39(57-26(3)20-70)65-44(77)30(7)61-48(81)41(67-43(76)28(5)59-31(8)75)64-35(24-74)18-32-19-56-37-15-11-10-14-36(32)37/h10-11,14-15,19-30,33-35,38-42,56-58,62-64H,12-13,16-18H2,1-9H3,(H,54,79)(H,59,75)(H,60,80)(H,61,81)(H,65,77)(H,66,78)(H,67,76)(H,68,83)(H,69,82)(H4,52,53,55)/t26-,27-,28-,29-,30-,33+,34+,35+,38+,39+,40+,41+,42+/m0/s1. The second-order valence-electron chi connectivity index (χ2n) is 19.8. The zero-order valence-corrected chi connectivity index (χ0v) is 47.7. The lowest BCUT2D eigenvalue weighted by atomic mass is 10.0. The average molecular weight is 1170 g/mol. The summed E-state index contributed by atoms with van der Waals surface area (Å²) >= 11 is 0. The number of H-pyrrole nitrogens is 1. The second-order valence-corrected chi connectivity index (χ2v) is 19.8. The van der Waals surface area contributed by atoms with E-state index in [1.54, 1.807) is 26.1 Å². The van der Waals surface area contributed by atoms with Gasteiger partial charge in [-0.05, 0) is 77.8 Å². The van der Waals surface area contributed by atoms with Crippen LogP contribution in [0.1, 0.15) is 80.2 Å². The molecule has 1 aromatic carbocycles. The number of hydrogen-bond acceptors (Lipinski definition) is 20. The Kier molecular flexibility index (Phi) is 30.6. The summed E-state index contributed by atoms with van der Waals surface area (Å²) in [5.41, 5.74) is 12.2. The molecule has 9 amide bonds. The number of rotatable bonds is 39. The van der Waals surface area contributed by atoms with Crippen LogP contribution in [0.3, 0.4) is 0 Å². The van der Waals surface area contributed by atoms with Crippen molar-refractivity contribution in [3.63, 3.8) is 0 Å². The second kappa shape index (κ2) is 36.0. The molecule has 2 rings (SSSR count). The number of benzene rings is 1. The summed E-state index contributed by atoms with van der Waals surface area (Å²) < 4.78 is 0. The van der Waals surface area contributed by atoms with Gasteiger partial charge in [-0.1, -0.05) is 32.0 Å². The van der Waals surface area contributed by atoms with E-state index in [4.69, 9.17) is 11.5 Å². The van der Waals surface area contributed by atoms with Gasteiger partial charge in [-0.2, -0.15) is 0 Å². The van der Waals surface area contributed by atoms with Crippen LogP contribution in [0.5, 0.6) is 0 Å². The van der Waals surface area contributed by atoms with E-state index in [2.05, 4.69) is 84.4 Å². The van der Waals surface area contributed by atoms with Gasteiger partial charge in [0.1, 0.15) is 49.6 Å². The number of aromatic nitrogens is 1. The molecule has 0 radical (unpaired) electrons. The first-order valence-corrected chi connectivity index (χ1v) is 26.5. The zero-order chi connectivity index (χ0) is 62.5. The predicted octanol–water partition coefficient (Wildman–Crippen LogP) is -6.87. The molecule has 0 unspecified atom stereocenters. The molecule has 32 nitrogen and oxygen atoms in total. The van der Waals surface area contributed by atoms with E-state index in [-0.39, 0.29) is 44.1 Å². The number of aldehydes is 5. The zero-order valence-electron chi connectivity index (χ0n) is 47.7. The van der Waals surface area contributed by atoms with Crippen LogP contribution in [0, 0.1) is 5.92 Å². The number of carbonyl (C=O) groups excluding carboxylic acids is 14. The number of guanidine groups is 1. The SMILES string of the molecule is CNC(=O)[C@@H](NC(=O)[C@@H](NC(=O)[C@@H](NC(=O)[C@H](C)NC(=O)[C@@H](NC(=O)[C@H](C)NC(=O)[C@@H](NC(=O)[C@H](C)NC(C)=O)N[C@@H](C=O)Cc1c[nH]c2ccccc12)N[C@@H](C)C=O)N[C@@H](C)C=O)N[C@@H](C=O)CC(C)C)N[C@@H](C=O)CCCN=C(N)N. The summed E-state index contributed by atoms with van der Waals surface area (Å²) in [6.45, 7) is 11.2. The number of amides is 9. The Morgan fingerprint density at radius 1 is 0.518 bits per heavy atom.